The largest absolute Gasteiger partial charge is 0.334 e. The number of allylic oxidation sites excluding steroid dienone is 6. The maximum Gasteiger partial charge on any atom is 0.0585 e. The minimum atomic E-state index is 0.0442. The zero-order valence-electron chi connectivity index (χ0n) is 32.0. The number of para-hydroxylation sites is 2. The van der Waals surface area contributed by atoms with Crippen LogP contribution in [0.4, 0.5) is 11.4 Å². The van der Waals surface area contributed by atoms with Crippen molar-refractivity contribution in [1.29, 1.82) is 0 Å². The van der Waals surface area contributed by atoms with Gasteiger partial charge >= 0.3 is 0 Å². The third-order valence-electron chi connectivity index (χ3n) is 12.9. The molecule has 7 aromatic rings. The van der Waals surface area contributed by atoms with Crippen LogP contribution in [0.1, 0.15) is 38.8 Å². The number of hydrogen-bond donors (Lipinski definition) is 0. The van der Waals surface area contributed by atoms with Gasteiger partial charge in [0.15, 0.2) is 0 Å². The molecule has 2 nitrogen and oxygen atoms in total. The Hall–Kier alpha value is -6.12. The Morgan fingerprint density at radius 2 is 1.13 bits per heavy atom. The standard InChI is InChI=1S/C53H46N2/c1-36-14-8-10-18-48(36)54(41-15-6-5-7-16-41)42-27-21-37(22-28-42)39-26-32-50-45(34-39)44-17-9-11-19-49(44)55(50)43-29-23-38(24-30-43)40-25-31-46-47(35-40)52(2,3)51-20-12-13-33-53(46,51)4/h5-36,48,51H,1-4H3. The first-order valence-electron chi connectivity index (χ1n) is 19.8. The molecule has 10 rings (SSSR count). The van der Waals surface area contributed by atoms with Crippen LogP contribution in [0.15, 0.2) is 188 Å². The molecule has 0 N–H and O–H groups in total. The highest BCUT2D eigenvalue weighted by molar-refractivity contribution is 6.10. The maximum absolute atomic E-state index is 2.46. The molecule has 6 aromatic carbocycles. The molecule has 1 heterocycles. The van der Waals surface area contributed by atoms with Gasteiger partial charge in [0.2, 0.25) is 0 Å². The molecule has 0 saturated heterocycles. The molecule has 55 heavy (non-hydrogen) atoms. The van der Waals surface area contributed by atoms with Gasteiger partial charge in [-0.3, -0.25) is 0 Å². The van der Waals surface area contributed by atoms with E-state index in [-0.39, 0.29) is 16.9 Å². The van der Waals surface area contributed by atoms with E-state index in [2.05, 4.69) is 225 Å². The summed E-state index contributed by atoms with van der Waals surface area (Å²) in [5.74, 6) is 0.861. The summed E-state index contributed by atoms with van der Waals surface area (Å²) in [5, 5.41) is 2.53. The average Bonchev–Trinajstić information content (AvgIpc) is 3.64. The van der Waals surface area contributed by atoms with Crippen molar-refractivity contribution >= 4 is 33.2 Å². The van der Waals surface area contributed by atoms with E-state index in [0.29, 0.717) is 11.8 Å². The van der Waals surface area contributed by atoms with E-state index in [1.54, 1.807) is 0 Å². The summed E-state index contributed by atoms with van der Waals surface area (Å²) in [6.45, 7) is 9.52. The Kier molecular flexibility index (Phi) is 7.75. The number of aromatic nitrogens is 1. The fourth-order valence-electron chi connectivity index (χ4n) is 10.0. The Bertz CT molecular complexity index is 2700. The summed E-state index contributed by atoms with van der Waals surface area (Å²) in [6.07, 6.45) is 18.2. The van der Waals surface area contributed by atoms with Crippen LogP contribution in [0, 0.1) is 11.8 Å². The lowest BCUT2D eigenvalue weighted by molar-refractivity contribution is 0.324. The molecule has 3 aliphatic rings. The zero-order chi connectivity index (χ0) is 37.3. The predicted molar refractivity (Wildman–Crippen MR) is 234 cm³/mol. The summed E-state index contributed by atoms with van der Waals surface area (Å²) >= 11 is 0. The highest BCUT2D eigenvalue weighted by atomic mass is 15.2. The molecule has 0 radical (unpaired) electrons. The van der Waals surface area contributed by atoms with E-state index < -0.39 is 0 Å². The van der Waals surface area contributed by atoms with Crippen molar-refractivity contribution in [1.82, 2.24) is 4.57 Å². The van der Waals surface area contributed by atoms with E-state index in [1.807, 2.05) is 0 Å². The van der Waals surface area contributed by atoms with Crippen molar-refractivity contribution in [2.24, 2.45) is 11.8 Å². The maximum atomic E-state index is 2.46. The van der Waals surface area contributed by atoms with Crippen molar-refractivity contribution in [2.45, 2.75) is 44.6 Å². The van der Waals surface area contributed by atoms with E-state index in [1.165, 1.54) is 72.2 Å². The van der Waals surface area contributed by atoms with Crippen LogP contribution in [-0.2, 0) is 10.8 Å². The van der Waals surface area contributed by atoms with Crippen molar-refractivity contribution in [3.05, 3.63) is 199 Å². The van der Waals surface area contributed by atoms with Crippen LogP contribution in [0.2, 0.25) is 0 Å². The lowest BCUT2D eigenvalue weighted by atomic mass is 9.67. The number of hydrogen-bond acceptors (Lipinski definition) is 1. The van der Waals surface area contributed by atoms with E-state index >= 15 is 0 Å². The van der Waals surface area contributed by atoms with Gasteiger partial charge in [0.1, 0.15) is 0 Å². The van der Waals surface area contributed by atoms with Gasteiger partial charge in [-0.15, -0.1) is 0 Å². The second kappa shape index (κ2) is 12.7. The minimum Gasteiger partial charge on any atom is -0.334 e. The molecule has 0 fully saturated rings. The average molecular weight is 711 g/mol. The molecule has 2 heteroatoms. The molecule has 0 aliphatic heterocycles. The predicted octanol–water partition coefficient (Wildman–Crippen LogP) is 13.7. The lowest BCUT2D eigenvalue weighted by Gasteiger charge is -2.36. The number of anilines is 2. The topological polar surface area (TPSA) is 8.17 Å². The van der Waals surface area contributed by atoms with Crippen LogP contribution in [0.3, 0.4) is 0 Å². The lowest BCUT2D eigenvalue weighted by Crippen LogP contribution is -2.35. The normalized spacial score (nSPS) is 21.9. The Morgan fingerprint density at radius 3 is 1.91 bits per heavy atom. The van der Waals surface area contributed by atoms with Gasteiger partial charge in [0.25, 0.3) is 0 Å². The van der Waals surface area contributed by atoms with Crippen LogP contribution in [0.5, 0.6) is 0 Å². The van der Waals surface area contributed by atoms with Gasteiger partial charge in [0.05, 0.1) is 17.1 Å². The molecule has 4 unspecified atom stereocenters. The van der Waals surface area contributed by atoms with Crippen molar-refractivity contribution in [2.75, 3.05) is 4.90 Å². The van der Waals surface area contributed by atoms with Crippen LogP contribution in [0.25, 0.3) is 49.7 Å². The molecule has 0 saturated carbocycles. The molecule has 4 atom stereocenters. The zero-order valence-corrected chi connectivity index (χ0v) is 32.0. The molecule has 0 spiro atoms. The molecular weight excluding hydrogens is 665 g/mol. The third-order valence-corrected chi connectivity index (χ3v) is 12.9. The number of nitrogens with zero attached hydrogens (tertiary/aromatic N) is 2. The molecule has 0 bridgehead atoms. The van der Waals surface area contributed by atoms with Crippen molar-refractivity contribution in [3.63, 3.8) is 0 Å². The molecule has 3 aliphatic carbocycles. The van der Waals surface area contributed by atoms with Crippen molar-refractivity contribution in [3.8, 4) is 27.9 Å². The Labute approximate surface area is 325 Å². The van der Waals surface area contributed by atoms with Gasteiger partial charge in [0, 0.05) is 33.2 Å². The fraction of sp³-hybridized carbons (Fsp3) is 0.170. The summed E-state index contributed by atoms with van der Waals surface area (Å²) in [5.41, 5.74) is 14.0. The fourth-order valence-corrected chi connectivity index (χ4v) is 10.0. The summed E-state index contributed by atoms with van der Waals surface area (Å²) in [4.78, 5) is 2.46. The first-order chi connectivity index (χ1) is 26.8. The van der Waals surface area contributed by atoms with Crippen LogP contribution in [-0.4, -0.2) is 10.6 Å². The van der Waals surface area contributed by atoms with Crippen LogP contribution >= 0.6 is 0 Å². The first-order valence-corrected chi connectivity index (χ1v) is 19.8. The van der Waals surface area contributed by atoms with Crippen LogP contribution < -0.4 is 4.90 Å². The van der Waals surface area contributed by atoms with Crippen molar-refractivity contribution < 1.29 is 0 Å². The molecule has 268 valence electrons. The SMILES string of the molecule is CC1C=CC=CC1N(c1ccccc1)c1ccc(-c2ccc3c(c2)c2ccccc2n3-c2ccc(-c3ccc4c(c3)C(C)(C)C3C=CC=CC43C)cc2)cc1. The number of benzene rings is 6. The van der Waals surface area contributed by atoms with Gasteiger partial charge in [-0.25, -0.2) is 0 Å². The number of fused-ring (bicyclic) bond motifs is 6. The van der Waals surface area contributed by atoms with Gasteiger partial charge in [-0.1, -0.05) is 161 Å². The minimum absolute atomic E-state index is 0.0442. The summed E-state index contributed by atoms with van der Waals surface area (Å²) in [6, 6.07) is 52.2. The third kappa shape index (κ3) is 5.30. The van der Waals surface area contributed by atoms with Gasteiger partial charge < -0.3 is 9.47 Å². The summed E-state index contributed by atoms with van der Waals surface area (Å²) in [7, 11) is 0. The van der Waals surface area contributed by atoms with E-state index in [9.17, 15) is 0 Å². The highest BCUT2D eigenvalue weighted by Gasteiger charge is 2.51. The first kappa shape index (κ1) is 33.4. The number of rotatable bonds is 6. The monoisotopic (exact) mass is 710 g/mol. The highest BCUT2D eigenvalue weighted by Crippen LogP contribution is 2.57. The summed E-state index contributed by atoms with van der Waals surface area (Å²) < 4.78 is 2.42. The van der Waals surface area contributed by atoms with Gasteiger partial charge in [-0.05, 0) is 105 Å². The molecule has 0 amide bonds. The Morgan fingerprint density at radius 1 is 0.509 bits per heavy atom. The van der Waals surface area contributed by atoms with E-state index in [4.69, 9.17) is 0 Å². The molecule has 1 aromatic heterocycles. The molecular formula is C53H46N2. The van der Waals surface area contributed by atoms with E-state index in [0.717, 1.165) is 0 Å². The van der Waals surface area contributed by atoms with Gasteiger partial charge in [-0.2, -0.15) is 0 Å². The quantitative estimate of drug-likeness (QED) is 0.167. The second-order valence-corrected chi connectivity index (χ2v) is 16.5. The Balaban J connectivity index is 0.988. The second-order valence-electron chi connectivity index (χ2n) is 16.5. The smallest absolute Gasteiger partial charge is 0.0585 e.